The van der Waals surface area contributed by atoms with E-state index in [2.05, 4.69) is 16.0 Å². The Balaban J connectivity index is 1.57. The number of allylic oxidation sites excluding steroid dienone is 3. The van der Waals surface area contributed by atoms with Crippen LogP contribution in [0.4, 0.5) is 16.2 Å². The van der Waals surface area contributed by atoms with Gasteiger partial charge < -0.3 is 20.7 Å². The van der Waals surface area contributed by atoms with Crippen LogP contribution in [0.25, 0.3) is 0 Å². The van der Waals surface area contributed by atoms with Gasteiger partial charge in [-0.2, -0.15) is 0 Å². The molecule has 0 fully saturated rings. The largest absolute Gasteiger partial charge is 0.488 e. The van der Waals surface area contributed by atoms with Crippen LogP contribution in [0.2, 0.25) is 0 Å². The van der Waals surface area contributed by atoms with Gasteiger partial charge in [-0.1, -0.05) is 36.4 Å². The van der Waals surface area contributed by atoms with Gasteiger partial charge in [-0.15, -0.1) is 0 Å². The first-order valence-corrected chi connectivity index (χ1v) is 9.71. The van der Waals surface area contributed by atoms with Crippen LogP contribution in [0.15, 0.2) is 71.6 Å². The molecule has 148 valence electrons. The molecule has 0 radical (unpaired) electrons. The lowest BCUT2D eigenvalue weighted by molar-refractivity contribution is -0.115. The first-order chi connectivity index (χ1) is 14.1. The smallest absolute Gasteiger partial charge is 0.319 e. The summed E-state index contributed by atoms with van der Waals surface area (Å²) in [4.78, 5) is 24.7. The Kier molecular flexibility index (Phi) is 5.33. The molecule has 2 aliphatic rings. The predicted molar refractivity (Wildman–Crippen MR) is 112 cm³/mol. The van der Waals surface area contributed by atoms with Crippen LogP contribution in [-0.2, 0) is 22.6 Å². The van der Waals surface area contributed by atoms with Gasteiger partial charge in [0.2, 0.25) is 0 Å². The summed E-state index contributed by atoms with van der Waals surface area (Å²) < 4.78 is 5.96. The van der Waals surface area contributed by atoms with Gasteiger partial charge in [0.05, 0.1) is 17.8 Å². The standard InChI is InChI=1S/C23H23N3O3/c1-2-24-23(28)26-20-10-6-5-9-19(20)25-17-12-21(27)18-11-15-7-3-4-8-16(15)14-29-22(18)13-17/h3-10,13,25H,2,11-12,14H2,1H3,(H2,24,26,28). The lowest BCUT2D eigenvalue weighted by atomic mass is 9.92. The summed E-state index contributed by atoms with van der Waals surface area (Å²) in [5, 5.41) is 8.82. The second-order valence-electron chi connectivity index (χ2n) is 7.00. The average Bonchev–Trinajstić information content (AvgIpc) is 2.90. The summed E-state index contributed by atoms with van der Waals surface area (Å²) in [5.74, 6) is 0.671. The molecule has 0 spiro atoms. The fourth-order valence-electron chi connectivity index (χ4n) is 3.53. The summed E-state index contributed by atoms with van der Waals surface area (Å²) in [6.45, 7) is 2.84. The number of nitrogens with one attached hydrogen (secondary N) is 3. The number of hydrogen-bond donors (Lipinski definition) is 3. The third-order valence-electron chi connectivity index (χ3n) is 4.97. The molecule has 0 saturated heterocycles. The van der Waals surface area contributed by atoms with Crippen molar-refractivity contribution in [3.63, 3.8) is 0 Å². The summed E-state index contributed by atoms with van der Waals surface area (Å²) in [5.41, 5.74) is 5.06. The van der Waals surface area contributed by atoms with Gasteiger partial charge in [0.25, 0.3) is 0 Å². The van der Waals surface area contributed by atoms with E-state index in [0.29, 0.717) is 36.6 Å². The molecule has 0 saturated carbocycles. The van der Waals surface area contributed by atoms with E-state index in [4.69, 9.17) is 4.74 Å². The summed E-state index contributed by atoms with van der Waals surface area (Å²) in [7, 11) is 0. The van der Waals surface area contributed by atoms with Crippen molar-refractivity contribution in [1.29, 1.82) is 0 Å². The molecule has 0 atom stereocenters. The normalized spacial score (nSPS) is 15.3. The molecule has 29 heavy (non-hydrogen) atoms. The van der Waals surface area contributed by atoms with E-state index < -0.39 is 0 Å². The number of amides is 2. The quantitative estimate of drug-likeness (QED) is 0.735. The number of fused-ring (bicyclic) bond motifs is 1. The van der Waals surface area contributed by atoms with Crippen molar-refractivity contribution >= 4 is 23.2 Å². The highest BCUT2D eigenvalue weighted by molar-refractivity contribution is 6.00. The zero-order chi connectivity index (χ0) is 20.2. The third-order valence-corrected chi connectivity index (χ3v) is 4.97. The minimum Gasteiger partial charge on any atom is -0.488 e. The molecule has 1 heterocycles. The topological polar surface area (TPSA) is 79.5 Å². The zero-order valence-corrected chi connectivity index (χ0v) is 16.2. The molecule has 6 nitrogen and oxygen atoms in total. The van der Waals surface area contributed by atoms with Crippen molar-refractivity contribution in [2.24, 2.45) is 0 Å². The third kappa shape index (κ3) is 4.16. The molecule has 2 aromatic rings. The van der Waals surface area contributed by atoms with Crippen LogP contribution >= 0.6 is 0 Å². The number of anilines is 2. The number of rotatable bonds is 4. The van der Waals surface area contributed by atoms with Crippen molar-refractivity contribution in [3.05, 3.63) is 82.8 Å². The molecular weight excluding hydrogens is 366 g/mol. The molecular formula is C23H23N3O3. The fourth-order valence-corrected chi connectivity index (χ4v) is 3.53. The lowest BCUT2D eigenvalue weighted by Gasteiger charge is -2.20. The van der Waals surface area contributed by atoms with E-state index >= 15 is 0 Å². The lowest BCUT2D eigenvalue weighted by Crippen LogP contribution is -2.28. The number of Topliss-reactive ketones (excluding diaryl/α,β-unsaturated/α-hetero) is 1. The second-order valence-corrected chi connectivity index (χ2v) is 7.00. The van der Waals surface area contributed by atoms with Gasteiger partial charge in [-0.3, -0.25) is 4.79 Å². The summed E-state index contributed by atoms with van der Waals surface area (Å²) in [6.07, 6.45) is 2.74. The van der Waals surface area contributed by atoms with E-state index in [9.17, 15) is 9.59 Å². The van der Waals surface area contributed by atoms with Gasteiger partial charge >= 0.3 is 6.03 Å². The van der Waals surface area contributed by atoms with Crippen LogP contribution in [0.3, 0.4) is 0 Å². The Hall–Kier alpha value is -3.54. The van der Waals surface area contributed by atoms with Gasteiger partial charge in [0, 0.05) is 30.3 Å². The number of urea groups is 1. The number of hydrogen-bond acceptors (Lipinski definition) is 4. The van der Waals surface area contributed by atoms with Gasteiger partial charge in [0.15, 0.2) is 5.78 Å². The maximum absolute atomic E-state index is 12.8. The van der Waals surface area contributed by atoms with Crippen LogP contribution in [0.5, 0.6) is 0 Å². The van der Waals surface area contributed by atoms with E-state index in [1.807, 2.05) is 61.5 Å². The fraction of sp³-hybridized carbons (Fsp3) is 0.217. The van der Waals surface area contributed by atoms with Gasteiger partial charge in [-0.25, -0.2) is 4.79 Å². The second kappa shape index (κ2) is 8.22. The van der Waals surface area contributed by atoms with Crippen LogP contribution in [0.1, 0.15) is 24.5 Å². The molecule has 1 aliphatic heterocycles. The number of ether oxygens (including phenoxy) is 1. The van der Waals surface area contributed by atoms with Gasteiger partial charge in [-0.05, 0) is 30.2 Å². The van der Waals surface area contributed by atoms with E-state index in [-0.39, 0.29) is 18.2 Å². The SMILES string of the molecule is CCNC(=O)Nc1ccccc1NC1=CC2=C(Cc3ccccc3CO2)C(=O)C1. The Labute approximate surface area is 169 Å². The molecule has 2 amide bonds. The van der Waals surface area contributed by atoms with E-state index in [1.165, 1.54) is 0 Å². The highest BCUT2D eigenvalue weighted by atomic mass is 16.5. The Bertz CT molecular complexity index is 1020. The monoisotopic (exact) mass is 389 g/mol. The van der Waals surface area contributed by atoms with Crippen molar-refractivity contribution in [3.8, 4) is 0 Å². The Morgan fingerprint density at radius 3 is 2.52 bits per heavy atom. The summed E-state index contributed by atoms with van der Waals surface area (Å²) >= 11 is 0. The maximum Gasteiger partial charge on any atom is 0.319 e. The number of ketones is 1. The zero-order valence-electron chi connectivity index (χ0n) is 16.2. The van der Waals surface area contributed by atoms with Crippen molar-refractivity contribution in [2.75, 3.05) is 17.2 Å². The molecule has 1 aliphatic carbocycles. The molecule has 3 N–H and O–H groups in total. The minimum atomic E-state index is -0.273. The van der Waals surface area contributed by atoms with Crippen molar-refractivity contribution in [2.45, 2.75) is 26.4 Å². The first-order valence-electron chi connectivity index (χ1n) is 9.71. The number of carbonyl (C=O) groups is 2. The average molecular weight is 389 g/mol. The van der Waals surface area contributed by atoms with Crippen LogP contribution < -0.4 is 16.0 Å². The number of benzene rings is 2. The van der Waals surface area contributed by atoms with Crippen molar-refractivity contribution in [1.82, 2.24) is 5.32 Å². The molecule has 4 rings (SSSR count). The van der Waals surface area contributed by atoms with Gasteiger partial charge in [0.1, 0.15) is 12.4 Å². The maximum atomic E-state index is 12.8. The predicted octanol–water partition coefficient (Wildman–Crippen LogP) is 4.12. The Morgan fingerprint density at radius 2 is 1.72 bits per heavy atom. The summed E-state index contributed by atoms with van der Waals surface area (Å²) in [6, 6.07) is 15.2. The van der Waals surface area contributed by atoms with Crippen LogP contribution in [0, 0.1) is 0 Å². The first kappa shape index (κ1) is 18.8. The van der Waals surface area contributed by atoms with E-state index in [0.717, 1.165) is 22.5 Å². The van der Waals surface area contributed by atoms with E-state index in [1.54, 1.807) is 0 Å². The van der Waals surface area contributed by atoms with Crippen LogP contribution in [-0.4, -0.2) is 18.4 Å². The molecule has 0 unspecified atom stereocenters. The number of carbonyl (C=O) groups excluding carboxylic acids is 2. The van der Waals surface area contributed by atoms with Crippen molar-refractivity contribution < 1.29 is 14.3 Å². The Morgan fingerprint density at radius 1 is 1.00 bits per heavy atom. The minimum absolute atomic E-state index is 0.0517. The highest BCUT2D eigenvalue weighted by Crippen LogP contribution is 2.32. The number of para-hydroxylation sites is 2. The molecule has 2 aromatic carbocycles. The highest BCUT2D eigenvalue weighted by Gasteiger charge is 2.26. The molecule has 6 heteroatoms. The molecule has 0 aromatic heterocycles. The molecule has 0 bridgehead atoms.